The molecule has 1 aromatic carbocycles. The van der Waals surface area contributed by atoms with Crippen LogP contribution in [0, 0.1) is 13.8 Å². The molecule has 8 nitrogen and oxygen atoms in total. The summed E-state index contributed by atoms with van der Waals surface area (Å²) in [6, 6.07) is 5.04. The minimum Gasteiger partial charge on any atom is -0.482 e. The third-order valence-electron chi connectivity index (χ3n) is 6.77. The van der Waals surface area contributed by atoms with Gasteiger partial charge in [-0.1, -0.05) is 6.08 Å². The summed E-state index contributed by atoms with van der Waals surface area (Å²) < 4.78 is 7.07. The molecule has 2 aliphatic rings. The summed E-state index contributed by atoms with van der Waals surface area (Å²) >= 11 is 1.52. The number of aromatic nitrogens is 2. The van der Waals surface area contributed by atoms with Crippen LogP contribution in [0.5, 0.6) is 5.75 Å². The number of amides is 1. The lowest BCUT2D eigenvalue weighted by Crippen LogP contribution is -2.39. The molecule has 0 aliphatic carbocycles. The van der Waals surface area contributed by atoms with Crippen LogP contribution < -0.4 is 15.2 Å². The van der Waals surface area contributed by atoms with E-state index in [0.29, 0.717) is 41.3 Å². The summed E-state index contributed by atoms with van der Waals surface area (Å²) in [5.74, 6) is 0.745. The lowest BCUT2D eigenvalue weighted by molar-refractivity contribution is -0.121. The van der Waals surface area contributed by atoms with Gasteiger partial charge in [0.15, 0.2) is 12.4 Å². The summed E-state index contributed by atoms with van der Waals surface area (Å²) in [6.45, 7) is 10.3. The van der Waals surface area contributed by atoms with Gasteiger partial charge in [-0.3, -0.25) is 23.9 Å². The highest BCUT2D eigenvalue weighted by molar-refractivity contribution is 7.18. The lowest BCUT2D eigenvalue weighted by atomic mass is 10.1. The van der Waals surface area contributed by atoms with Gasteiger partial charge in [-0.2, -0.15) is 0 Å². The van der Waals surface area contributed by atoms with E-state index in [2.05, 4.69) is 11.5 Å². The van der Waals surface area contributed by atoms with Crippen molar-refractivity contribution >= 4 is 38.9 Å². The second-order valence-electron chi connectivity index (χ2n) is 9.05. The van der Waals surface area contributed by atoms with Crippen molar-refractivity contribution in [2.45, 2.75) is 39.8 Å². The second-order valence-corrected chi connectivity index (χ2v) is 10.3. The molecule has 0 spiro atoms. The van der Waals surface area contributed by atoms with Gasteiger partial charge in [0.1, 0.15) is 16.4 Å². The van der Waals surface area contributed by atoms with Crippen molar-refractivity contribution in [3.05, 3.63) is 63.0 Å². The van der Waals surface area contributed by atoms with E-state index in [9.17, 15) is 14.4 Å². The molecule has 35 heavy (non-hydrogen) atoms. The summed E-state index contributed by atoms with van der Waals surface area (Å²) in [5.41, 5.74) is 1.69. The van der Waals surface area contributed by atoms with Gasteiger partial charge in [0, 0.05) is 17.0 Å². The number of likely N-dealkylation sites (tertiary alicyclic amines) is 1. The van der Waals surface area contributed by atoms with Crippen LogP contribution in [0.15, 0.2) is 35.6 Å². The van der Waals surface area contributed by atoms with Gasteiger partial charge in [0.25, 0.3) is 11.5 Å². The van der Waals surface area contributed by atoms with Crippen LogP contribution in [0.4, 0.5) is 5.69 Å². The highest BCUT2D eigenvalue weighted by Crippen LogP contribution is 2.33. The fourth-order valence-corrected chi connectivity index (χ4v) is 5.77. The number of hydrogen-bond acceptors (Lipinski definition) is 7. The molecule has 0 atom stereocenters. The Labute approximate surface area is 207 Å². The first-order valence-electron chi connectivity index (χ1n) is 11.8. The molecule has 1 amide bonds. The van der Waals surface area contributed by atoms with Crippen molar-refractivity contribution in [1.29, 1.82) is 0 Å². The smallest absolute Gasteiger partial charge is 0.265 e. The highest BCUT2D eigenvalue weighted by Gasteiger charge is 2.27. The van der Waals surface area contributed by atoms with Gasteiger partial charge in [0.2, 0.25) is 0 Å². The fraction of sp³-hybridized carbons (Fsp3) is 0.385. The molecular formula is C26H28N4O4S. The second kappa shape index (κ2) is 9.39. The monoisotopic (exact) mass is 492 g/mol. The number of anilines is 1. The topological polar surface area (TPSA) is 84.7 Å². The van der Waals surface area contributed by atoms with Crippen LogP contribution in [0.25, 0.3) is 10.2 Å². The van der Waals surface area contributed by atoms with Gasteiger partial charge >= 0.3 is 0 Å². The molecule has 182 valence electrons. The molecule has 1 saturated heterocycles. The number of carbonyl (C=O) groups excluding carboxylic acids is 2. The number of benzene rings is 1. The van der Waals surface area contributed by atoms with Crippen molar-refractivity contribution in [3.8, 4) is 5.75 Å². The van der Waals surface area contributed by atoms with E-state index >= 15 is 0 Å². The third-order valence-corrected chi connectivity index (χ3v) is 7.87. The molecular weight excluding hydrogens is 464 g/mol. The zero-order chi connectivity index (χ0) is 24.7. The molecule has 0 unspecified atom stereocenters. The molecule has 1 fully saturated rings. The number of ether oxygens (including phenoxy) is 1. The maximum absolute atomic E-state index is 13.6. The number of thiophene rings is 1. The Balaban J connectivity index is 1.53. The Hall–Kier alpha value is -3.30. The summed E-state index contributed by atoms with van der Waals surface area (Å²) in [4.78, 5) is 49.9. The molecule has 9 heteroatoms. The predicted octanol–water partition coefficient (Wildman–Crippen LogP) is 3.46. The van der Waals surface area contributed by atoms with Gasteiger partial charge in [-0.25, -0.2) is 4.98 Å². The number of aryl methyl sites for hydroxylation is 2. The van der Waals surface area contributed by atoms with Gasteiger partial charge in [-0.05, 0) is 63.5 Å². The van der Waals surface area contributed by atoms with E-state index < -0.39 is 0 Å². The third kappa shape index (κ3) is 4.30. The Morgan fingerprint density at radius 3 is 2.74 bits per heavy atom. The maximum atomic E-state index is 13.6. The Kier molecular flexibility index (Phi) is 6.29. The first-order valence-corrected chi connectivity index (χ1v) is 12.6. The molecule has 2 aromatic heterocycles. The molecule has 3 aromatic rings. The highest BCUT2D eigenvalue weighted by atomic mass is 32.1. The minimum absolute atomic E-state index is 0.0471. The summed E-state index contributed by atoms with van der Waals surface area (Å²) in [6.07, 6.45) is 3.89. The Morgan fingerprint density at radius 1 is 1.23 bits per heavy atom. The quantitative estimate of drug-likeness (QED) is 0.371. The van der Waals surface area contributed by atoms with Crippen LogP contribution in [-0.4, -0.2) is 52.4 Å². The molecule has 0 bridgehead atoms. The average Bonchev–Trinajstić information content (AvgIpc) is 3.45. The fourth-order valence-electron chi connectivity index (χ4n) is 4.73. The van der Waals surface area contributed by atoms with Crippen LogP contribution in [0.1, 0.15) is 39.5 Å². The van der Waals surface area contributed by atoms with E-state index in [4.69, 9.17) is 9.72 Å². The van der Waals surface area contributed by atoms with Crippen molar-refractivity contribution < 1.29 is 14.3 Å². The molecule has 2 aliphatic heterocycles. The van der Waals surface area contributed by atoms with Gasteiger partial charge < -0.3 is 9.64 Å². The number of rotatable bonds is 7. The van der Waals surface area contributed by atoms with Crippen LogP contribution >= 0.6 is 11.3 Å². The van der Waals surface area contributed by atoms with Crippen molar-refractivity contribution in [2.24, 2.45) is 0 Å². The average molecular weight is 493 g/mol. The van der Waals surface area contributed by atoms with E-state index in [1.54, 1.807) is 29.2 Å². The minimum atomic E-state index is -0.222. The maximum Gasteiger partial charge on any atom is 0.265 e. The van der Waals surface area contributed by atoms with Gasteiger partial charge in [0.05, 0.1) is 24.2 Å². The molecule has 0 radical (unpaired) electrons. The first-order chi connectivity index (χ1) is 16.9. The van der Waals surface area contributed by atoms with Crippen LogP contribution in [0.3, 0.4) is 0 Å². The van der Waals surface area contributed by atoms with E-state index in [-0.39, 0.29) is 30.4 Å². The van der Waals surface area contributed by atoms with E-state index in [1.807, 2.05) is 13.8 Å². The Morgan fingerprint density at radius 2 is 2.00 bits per heavy atom. The SMILES string of the molecule is C=CCN1C(=O)COc2ccc(C(=O)Cn3c(CN4CCCC4)nc4sc(C)c(C)c4c3=O)cc21. The number of Topliss-reactive ketones (excluding diaryl/α,β-unsaturated/α-hetero) is 1. The molecule has 0 N–H and O–H groups in total. The first kappa shape index (κ1) is 23.4. The van der Waals surface area contributed by atoms with Crippen molar-refractivity contribution in [3.63, 3.8) is 0 Å². The van der Waals surface area contributed by atoms with Crippen LogP contribution in [0.2, 0.25) is 0 Å². The van der Waals surface area contributed by atoms with Gasteiger partial charge in [-0.15, -0.1) is 17.9 Å². The Bertz CT molecular complexity index is 1400. The number of nitrogens with zero attached hydrogens (tertiary/aromatic N) is 4. The van der Waals surface area contributed by atoms with E-state index in [1.165, 1.54) is 15.9 Å². The van der Waals surface area contributed by atoms with Crippen molar-refractivity contribution in [2.75, 3.05) is 31.1 Å². The van der Waals surface area contributed by atoms with Crippen LogP contribution in [-0.2, 0) is 17.9 Å². The van der Waals surface area contributed by atoms with E-state index in [0.717, 1.165) is 41.2 Å². The molecule has 4 heterocycles. The lowest BCUT2D eigenvalue weighted by Gasteiger charge is -2.28. The number of ketones is 1. The predicted molar refractivity (Wildman–Crippen MR) is 137 cm³/mol. The summed E-state index contributed by atoms with van der Waals surface area (Å²) in [5, 5.41) is 0.590. The summed E-state index contributed by atoms with van der Waals surface area (Å²) in [7, 11) is 0. The zero-order valence-electron chi connectivity index (χ0n) is 20.0. The molecule has 5 rings (SSSR count). The molecule has 0 saturated carbocycles. The number of fused-ring (bicyclic) bond motifs is 2. The van der Waals surface area contributed by atoms with Crippen molar-refractivity contribution in [1.82, 2.24) is 14.5 Å². The number of carbonyl (C=O) groups is 2. The largest absolute Gasteiger partial charge is 0.482 e. The normalized spacial score (nSPS) is 15.9. The zero-order valence-corrected chi connectivity index (χ0v) is 20.8. The standard InChI is InChI=1S/C26H28N4O4S/c1-4-9-29-19-12-18(7-8-21(19)34-15-23(29)32)20(31)13-30-22(14-28-10-5-6-11-28)27-25-24(26(30)33)16(2)17(3)35-25/h4,7-8,12H,1,5-6,9-11,13-15H2,2-3H3. The number of hydrogen-bond donors (Lipinski definition) is 0.